The van der Waals surface area contributed by atoms with E-state index in [2.05, 4.69) is 4.98 Å². The van der Waals surface area contributed by atoms with Crippen molar-refractivity contribution in [2.75, 3.05) is 0 Å². The fourth-order valence-corrected chi connectivity index (χ4v) is 1.79. The summed E-state index contributed by atoms with van der Waals surface area (Å²) in [6, 6.07) is 5.62. The van der Waals surface area contributed by atoms with Gasteiger partial charge >= 0.3 is 6.18 Å². The molecule has 7 heteroatoms. The summed E-state index contributed by atoms with van der Waals surface area (Å²) >= 11 is 0. The standard InChI is InChI=1S/C13H8F3N3O/c14-13(15,16)12(18)8(3-4-17)7-1-2-10-9(5-7)11(20)6-19-10/h1-3,5-6,18-20H/b8-3-,18-12?. The van der Waals surface area contributed by atoms with E-state index in [0.29, 0.717) is 17.0 Å². The Labute approximate surface area is 111 Å². The van der Waals surface area contributed by atoms with Crippen molar-refractivity contribution in [2.45, 2.75) is 6.18 Å². The Morgan fingerprint density at radius 3 is 2.70 bits per heavy atom. The topological polar surface area (TPSA) is 83.7 Å². The van der Waals surface area contributed by atoms with Gasteiger partial charge in [0.2, 0.25) is 0 Å². The molecule has 1 aromatic carbocycles. The summed E-state index contributed by atoms with van der Waals surface area (Å²) in [5.41, 5.74) is -1.56. The molecule has 2 aromatic rings. The van der Waals surface area contributed by atoms with Gasteiger partial charge in [-0.2, -0.15) is 18.4 Å². The zero-order chi connectivity index (χ0) is 14.9. The number of fused-ring (bicyclic) bond motifs is 1. The second-order valence-electron chi connectivity index (χ2n) is 3.99. The zero-order valence-electron chi connectivity index (χ0n) is 9.92. The maximum Gasteiger partial charge on any atom is 0.433 e. The van der Waals surface area contributed by atoms with Crippen LogP contribution in [0.25, 0.3) is 16.5 Å². The van der Waals surface area contributed by atoms with Crippen molar-refractivity contribution in [3.63, 3.8) is 0 Å². The molecule has 0 radical (unpaired) electrons. The quantitative estimate of drug-likeness (QED) is 0.581. The van der Waals surface area contributed by atoms with Gasteiger partial charge in [-0.05, 0) is 17.7 Å². The molecule has 0 saturated carbocycles. The number of rotatable bonds is 2. The van der Waals surface area contributed by atoms with Crippen molar-refractivity contribution in [3.8, 4) is 11.8 Å². The SMILES string of the molecule is N#C/C=C(\C(=N)C(F)(F)F)c1ccc2[nH]cc(O)c2c1. The summed E-state index contributed by atoms with van der Waals surface area (Å²) < 4.78 is 37.8. The number of nitrogens with zero attached hydrogens (tertiary/aromatic N) is 1. The van der Waals surface area contributed by atoms with E-state index in [-0.39, 0.29) is 11.3 Å². The van der Waals surface area contributed by atoms with Gasteiger partial charge in [0, 0.05) is 28.7 Å². The lowest BCUT2D eigenvalue weighted by molar-refractivity contribution is -0.0578. The summed E-state index contributed by atoms with van der Waals surface area (Å²) in [6.45, 7) is 0. The fourth-order valence-electron chi connectivity index (χ4n) is 1.79. The van der Waals surface area contributed by atoms with Crippen molar-refractivity contribution < 1.29 is 18.3 Å². The number of hydrogen-bond acceptors (Lipinski definition) is 3. The molecular formula is C13H8F3N3O. The summed E-state index contributed by atoms with van der Waals surface area (Å²) in [7, 11) is 0. The highest BCUT2D eigenvalue weighted by Crippen LogP contribution is 2.31. The molecule has 102 valence electrons. The van der Waals surface area contributed by atoms with Gasteiger partial charge in [-0.1, -0.05) is 6.07 Å². The number of alkyl halides is 3. The van der Waals surface area contributed by atoms with Crippen LogP contribution in [-0.4, -0.2) is 22.0 Å². The van der Waals surface area contributed by atoms with Crippen molar-refractivity contribution in [1.82, 2.24) is 4.98 Å². The number of nitriles is 1. The van der Waals surface area contributed by atoms with E-state index in [4.69, 9.17) is 10.7 Å². The second-order valence-corrected chi connectivity index (χ2v) is 3.99. The predicted octanol–water partition coefficient (Wildman–Crippen LogP) is 3.36. The van der Waals surface area contributed by atoms with E-state index in [1.54, 1.807) is 0 Å². The molecule has 0 fully saturated rings. The van der Waals surface area contributed by atoms with Crippen molar-refractivity contribution in [1.29, 1.82) is 10.7 Å². The van der Waals surface area contributed by atoms with Gasteiger partial charge < -0.3 is 10.1 Å². The van der Waals surface area contributed by atoms with Crippen molar-refractivity contribution in [2.24, 2.45) is 0 Å². The summed E-state index contributed by atoms with van der Waals surface area (Å²) in [4.78, 5) is 2.74. The predicted molar refractivity (Wildman–Crippen MR) is 67.3 cm³/mol. The Hall–Kier alpha value is -2.75. The highest BCUT2D eigenvalue weighted by Gasteiger charge is 2.37. The fraction of sp³-hybridized carbons (Fsp3) is 0.0769. The molecule has 4 nitrogen and oxygen atoms in total. The first-order valence-electron chi connectivity index (χ1n) is 5.41. The highest BCUT2D eigenvalue weighted by atomic mass is 19.4. The minimum absolute atomic E-state index is 0.0382. The first-order valence-corrected chi connectivity index (χ1v) is 5.41. The van der Waals surface area contributed by atoms with Gasteiger partial charge in [-0.3, -0.25) is 5.41 Å². The Morgan fingerprint density at radius 1 is 1.40 bits per heavy atom. The summed E-state index contributed by atoms with van der Waals surface area (Å²) in [5.74, 6) is -0.114. The second kappa shape index (κ2) is 4.74. The zero-order valence-corrected chi connectivity index (χ0v) is 9.92. The molecule has 0 bridgehead atoms. The van der Waals surface area contributed by atoms with E-state index >= 15 is 0 Å². The number of aromatic hydroxyl groups is 1. The first-order chi connectivity index (χ1) is 9.34. The lowest BCUT2D eigenvalue weighted by Crippen LogP contribution is -2.23. The number of hydrogen-bond donors (Lipinski definition) is 3. The average molecular weight is 279 g/mol. The molecular weight excluding hydrogens is 271 g/mol. The molecule has 0 amide bonds. The number of aromatic nitrogens is 1. The molecule has 0 saturated heterocycles. The van der Waals surface area contributed by atoms with Crippen LogP contribution in [0.15, 0.2) is 30.5 Å². The normalized spacial score (nSPS) is 12.4. The molecule has 0 aliphatic rings. The third-order valence-electron chi connectivity index (χ3n) is 2.73. The molecule has 0 atom stereocenters. The highest BCUT2D eigenvalue weighted by molar-refractivity contribution is 6.25. The number of benzene rings is 1. The minimum Gasteiger partial charge on any atom is -0.506 e. The van der Waals surface area contributed by atoms with Crippen LogP contribution < -0.4 is 0 Å². The number of aromatic amines is 1. The largest absolute Gasteiger partial charge is 0.506 e. The molecule has 3 N–H and O–H groups in total. The van der Waals surface area contributed by atoms with Crippen LogP contribution in [-0.2, 0) is 0 Å². The third kappa shape index (κ3) is 2.36. The average Bonchev–Trinajstić information content (AvgIpc) is 2.75. The maximum absolute atomic E-state index is 12.6. The van der Waals surface area contributed by atoms with Crippen LogP contribution >= 0.6 is 0 Å². The van der Waals surface area contributed by atoms with Gasteiger partial charge in [0.15, 0.2) is 0 Å². The van der Waals surface area contributed by atoms with Crippen LogP contribution in [0, 0.1) is 16.7 Å². The van der Waals surface area contributed by atoms with Crippen molar-refractivity contribution in [3.05, 3.63) is 36.0 Å². The number of allylic oxidation sites excluding steroid dienone is 2. The smallest absolute Gasteiger partial charge is 0.433 e. The Balaban J connectivity index is 2.59. The molecule has 0 spiro atoms. The van der Waals surface area contributed by atoms with Gasteiger partial charge in [0.25, 0.3) is 0 Å². The van der Waals surface area contributed by atoms with Crippen molar-refractivity contribution >= 4 is 22.2 Å². The molecule has 20 heavy (non-hydrogen) atoms. The van der Waals surface area contributed by atoms with Crippen LogP contribution in [0.4, 0.5) is 13.2 Å². The lowest BCUT2D eigenvalue weighted by atomic mass is 9.99. The molecule has 0 aliphatic carbocycles. The van der Waals surface area contributed by atoms with Crippen LogP contribution in [0.3, 0.4) is 0 Å². The maximum atomic E-state index is 12.6. The molecule has 1 aromatic heterocycles. The van der Waals surface area contributed by atoms with E-state index in [9.17, 15) is 18.3 Å². The lowest BCUT2D eigenvalue weighted by Gasteiger charge is -2.11. The van der Waals surface area contributed by atoms with Gasteiger partial charge in [0.05, 0.1) is 6.07 Å². The summed E-state index contributed by atoms with van der Waals surface area (Å²) in [5, 5.41) is 25.6. The Morgan fingerprint density at radius 2 is 2.10 bits per heavy atom. The number of H-pyrrole nitrogens is 1. The van der Waals surface area contributed by atoms with Crippen LogP contribution in [0.1, 0.15) is 5.56 Å². The van der Waals surface area contributed by atoms with Gasteiger partial charge in [0.1, 0.15) is 11.5 Å². The van der Waals surface area contributed by atoms with Gasteiger partial charge in [-0.25, -0.2) is 0 Å². The monoisotopic (exact) mass is 279 g/mol. The van der Waals surface area contributed by atoms with E-state index in [0.717, 1.165) is 0 Å². The molecule has 2 rings (SSSR count). The number of halogens is 3. The van der Waals surface area contributed by atoms with Crippen LogP contribution in [0.5, 0.6) is 5.75 Å². The Kier molecular flexibility index (Phi) is 3.24. The van der Waals surface area contributed by atoms with E-state index in [1.807, 2.05) is 0 Å². The molecule has 0 unspecified atom stereocenters. The Bertz CT molecular complexity index is 750. The molecule has 1 heterocycles. The van der Waals surface area contributed by atoms with E-state index in [1.165, 1.54) is 30.5 Å². The minimum atomic E-state index is -4.85. The van der Waals surface area contributed by atoms with Gasteiger partial charge in [-0.15, -0.1) is 0 Å². The molecule has 0 aliphatic heterocycles. The van der Waals surface area contributed by atoms with E-state index < -0.39 is 17.5 Å². The number of nitrogens with one attached hydrogen (secondary N) is 2. The van der Waals surface area contributed by atoms with Crippen LogP contribution in [0.2, 0.25) is 0 Å². The first kappa shape index (κ1) is 13.7. The summed E-state index contributed by atoms with van der Waals surface area (Å²) in [6.07, 6.45) is -2.88. The third-order valence-corrected chi connectivity index (χ3v) is 2.73.